The molecule has 0 spiro atoms. The molecule has 2 aliphatic rings. The summed E-state index contributed by atoms with van der Waals surface area (Å²) in [4.78, 5) is 25.7. The minimum atomic E-state index is -4.86. The lowest BCUT2D eigenvalue weighted by Gasteiger charge is -2.43. The zero-order chi connectivity index (χ0) is 57.6. The summed E-state index contributed by atoms with van der Waals surface area (Å²) in [5, 5.41) is 78.8. The molecule has 13 atom stereocenters. The van der Waals surface area contributed by atoms with E-state index < -0.39 is 94.6 Å². The van der Waals surface area contributed by atoms with Crippen LogP contribution in [0.25, 0.3) is 0 Å². The number of allylic oxidation sites excluding steroid dienone is 1. The monoisotopic (exact) mass is 1140 g/mol. The van der Waals surface area contributed by atoms with Gasteiger partial charge in [-0.05, 0) is 25.2 Å². The quantitative estimate of drug-likeness (QED) is 0.0123. The van der Waals surface area contributed by atoms with Crippen molar-refractivity contribution in [3.63, 3.8) is 0 Å². The summed E-state index contributed by atoms with van der Waals surface area (Å²) in [6.07, 6.45) is 23.7. The number of unbranched alkanes of at least 4 members (excludes halogenated alkanes) is 28. The molecule has 19 heteroatoms. The van der Waals surface area contributed by atoms with E-state index in [9.17, 15) is 50.0 Å². The summed E-state index contributed by atoms with van der Waals surface area (Å²) < 4.78 is 45.6. The van der Waals surface area contributed by atoms with Crippen molar-refractivity contribution in [3.8, 4) is 0 Å². The van der Waals surface area contributed by atoms with Crippen LogP contribution in [0.2, 0.25) is 0 Å². The molecule has 1 unspecified atom stereocenters. The molecule has 0 aromatic rings. The smallest absolute Gasteiger partial charge is 0.268 e. The normalized spacial score (nSPS) is 25.7. The Bertz CT molecular complexity index is 1540. The molecule has 2 aliphatic heterocycles. The minimum absolute atomic E-state index is 0.174. The average molecular weight is 1140 g/mol. The number of likely N-dealkylation sites (N-methyl/N-ethyl adjacent to an activating group) is 1. The second-order valence-electron chi connectivity index (χ2n) is 24.0. The Kier molecular flexibility index (Phi) is 40.7. The molecule has 8 N–H and O–H groups in total. The van der Waals surface area contributed by atoms with Crippen molar-refractivity contribution in [1.82, 2.24) is 5.32 Å². The number of phosphoric ester groups is 1. The van der Waals surface area contributed by atoms with Crippen molar-refractivity contribution >= 4 is 13.7 Å². The van der Waals surface area contributed by atoms with Gasteiger partial charge in [-0.2, -0.15) is 0 Å². The van der Waals surface area contributed by atoms with Crippen molar-refractivity contribution < 1.29 is 82.5 Å². The predicted molar refractivity (Wildman–Crippen MR) is 303 cm³/mol. The fourth-order valence-corrected chi connectivity index (χ4v) is 10.6. The first-order valence-electron chi connectivity index (χ1n) is 30.9. The summed E-state index contributed by atoms with van der Waals surface area (Å²) in [5.41, 5.74) is 0. The van der Waals surface area contributed by atoms with Gasteiger partial charge in [-0.3, -0.25) is 9.36 Å². The van der Waals surface area contributed by atoms with E-state index in [4.69, 9.17) is 28.0 Å². The standard InChI is InChI=1S/C59H115N2O16P/c1-7-8-9-10-11-12-13-14-15-16-17-18-19-20-21-22-23-28-31-34-37-40-51(63)60-47(48(62)39-36-33-30-27-25-24-26-29-32-35-38-46(2)3)43-72-58-56(68)54(66)52(64)49(76-58)44-73-59-57(69)55(67)53(65)50(77-59)45-75-78(70,71)74-42-41-61(4,5)6/h36,39,46-50,52-59,62,64-69H,7-35,37-38,40-45H2,1-6H3,(H-,60,63,70,71)/b39-36+/t47-,48+,49+,50+,52-,53-,54-,55-,56+,57+,58+,59+/m0/s1. The SMILES string of the molecule is CCCCCCCCCCCCCCCCCCCCCCCC(=O)N[C@@H](CO[C@@H]1O[C@H](CO[C@@H]2O[C@H](COP(=O)([O-])OCC[N+](C)(C)C)[C@H](O)[C@H](O)[C@H]2O)[C@H](O)[C@H](O)[C@H]1O)[C@H](O)/C=C/CCCCCCCCCCC(C)C. The van der Waals surface area contributed by atoms with Crippen LogP contribution in [0, 0.1) is 5.92 Å². The lowest BCUT2D eigenvalue weighted by molar-refractivity contribution is -0.870. The zero-order valence-electron chi connectivity index (χ0n) is 49.5. The highest BCUT2D eigenvalue weighted by molar-refractivity contribution is 7.45. The lowest BCUT2D eigenvalue weighted by Crippen LogP contribution is -2.62. The lowest BCUT2D eigenvalue weighted by atomic mass is 9.98. The first kappa shape index (κ1) is 72.9. The second-order valence-corrected chi connectivity index (χ2v) is 25.4. The number of rotatable bonds is 49. The van der Waals surface area contributed by atoms with E-state index in [-0.39, 0.29) is 25.5 Å². The largest absolute Gasteiger partial charge is 0.756 e. The number of nitrogens with zero attached hydrogens (tertiary/aromatic N) is 1. The first-order chi connectivity index (χ1) is 37.3. The van der Waals surface area contributed by atoms with E-state index in [0.29, 0.717) is 17.4 Å². The van der Waals surface area contributed by atoms with Crippen LogP contribution in [0.3, 0.4) is 0 Å². The molecule has 462 valence electrons. The molecule has 2 saturated heterocycles. The van der Waals surface area contributed by atoms with Crippen LogP contribution in [0.1, 0.15) is 226 Å². The number of aliphatic hydroxyl groups excluding tert-OH is 7. The molecule has 0 radical (unpaired) electrons. The molecule has 0 aromatic carbocycles. The van der Waals surface area contributed by atoms with Crippen LogP contribution in [-0.4, -0.2) is 174 Å². The van der Waals surface area contributed by atoms with Crippen LogP contribution in [-0.2, 0) is 37.4 Å². The summed E-state index contributed by atoms with van der Waals surface area (Å²) in [6.45, 7) is 5.22. The molecule has 0 aromatic heterocycles. The number of hydrogen-bond donors (Lipinski definition) is 8. The van der Waals surface area contributed by atoms with E-state index >= 15 is 0 Å². The second kappa shape index (κ2) is 43.5. The Balaban J connectivity index is 1.87. The van der Waals surface area contributed by atoms with Gasteiger partial charge in [0.05, 0.1) is 53.1 Å². The molecule has 1 amide bonds. The summed E-state index contributed by atoms with van der Waals surface area (Å²) >= 11 is 0. The maximum Gasteiger partial charge on any atom is 0.268 e. The Labute approximate surface area is 471 Å². The molecule has 2 fully saturated rings. The third kappa shape index (κ3) is 34.4. The summed E-state index contributed by atoms with van der Waals surface area (Å²) in [7, 11) is 0.683. The number of carbonyl (C=O) groups is 1. The Morgan fingerprint density at radius 2 is 1.01 bits per heavy atom. The van der Waals surface area contributed by atoms with Gasteiger partial charge >= 0.3 is 0 Å². The van der Waals surface area contributed by atoms with Crippen LogP contribution in [0.5, 0.6) is 0 Å². The molecule has 2 rings (SSSR count). The number of amides is 1. The van der Waals surface area contributed by atoms with Gasteiger partial charge in [0.1, 0.15) is 62.0 Å². The average Bonchev–Trinajstić information content (AvgIpc) is 3.39. The Hall–Kier alpha value is -1.16. The topological polar surface area (TPSA) is 266 Å². The van der Waals surface area contributed by atoms with Gasteiger partial charge in [-0.25, -0.2) is 0 Å². The van der Waals surface area contributed by atoms with Gasteiger partial charge < -0.3 is 78.4 Å². The van der Waals surface area contributed by atoms with E-state index in [2.05, 4.69) is 26.1 Å². The van der Waals surface area contributed by atoms with Crippen LogP contribution in [0.15, 0.2) is 12.2 Å². The van der Waals surface area contributed by atoms with Gasteiger partial charge in [0.25, 0.3) is 7.82 Å². The summed E-state index contributed by atoms with van der Waals surface area (Å²) in [6, 6.07) is -0.959. The number of ether oxygens (including phenoxy) is 4. The Morgan fingerprint density at radius 1 is 0.590 bits per heavy atom. The number of carbonyl (C=O) groups excluding carboxylic acids is 1. The van der Waals surface area contributed by atoms with Gasteiger partial charge in [0, 0.05) is 6.42 Å². The molecule has 0 bridgehead atoms. The molecular formula is C59H115N2O16P. The van der Waals surface area contributed by atoms with Crippen LogP contribution in [0.4, 0.5) is 0 Å². The number of quaternary nitrogens is 1. The molecule has 0 saturated carbocycles. The van der Waals surface area contributed by atoms with Crippen molar-refractivity contribution in [3.05, 3.63) is 12.2 Å². The highest BCUT2D eigenvalue weighted by atomic mass is 31.2. The van der Waals surface area contributed by atoms with E-state index in [1.54, 1.807) is 6.08 Å². The molecule has 0 aliphatic carbocycles. The van der Waals surface area contributed by atoms with Crippen molar-refractivity contribution in [2.75, 3.05) is 54.1 Å². The molecule has 18 nitrogen and oxygen atoms in total. The number of hydrogen-bond acceptors (Lipinski definition) is 16. The molecular weight excluding hydrogens is 1020 g/mol. The molecule has 2 heterocycles. The maximum absolute atomic E-state index is 13.3. The molecule has 78 heavy (non-hydrogen) atoms. The van der Waals surface area contributed by atoms with Gasteiger partial charge in [0.2, 0.25) is 5.91 Å². The van der Waals surface area contributed by atoms with Gasteiger partial charge in [-0.1, -0.05) is 213 Å². The predicted octanol–water partition coefficient (Wildman–Crippen LogP) is 8.40. The van der Waals surface area contributed by atoms with Crippen LogP contribution < -0.4 is 10.2 Å². The fourth-order valence-electron chi connectivity index (χ4n) is 9.87. The first-order valence-corrected chi connectivity index (χ1v) is 32.4. The highest BCUT2D eigenvalue weighted by Crippen LogP contribution is 2.39. The maximum atomic E-state index is 13.3. The third-order valence-corrected chi connectivity index (χ3v) is 16.1. The number of nitrogens with one attached hydrogen (secondary N) is 1. The third-order valence-electron chi connectivity index (χ3n) is 15.1. The van der Waals surface area contributed by atoms with Crippen molar-refractivity contribution in [1.29, 1.82) is 0 Å². The number of aliphatic hydroxyl groups is 7. The zero-order valence-corrected chi connectivity index (χ0v) is 50.4. The van der Waals surface area contributed by atoms with E-state index in [1.807, 2.05) is 27.2 Å². The van der Waals surface area contributed by atoms with Gasteiger partial charge in [-0.15, -0.1) is 0 Å². The highest BCUT2D eigenvalue weighted by Gasteiger charge is 2.48. The Morgan fingerprint density at radius 3 is 1.47 bits per heavy atom. The minimum Gasteiger partial charge on any atom is -0.756 e. The van der Waals surface area contributed by atoms with E-state index in [1.165, 1.54) is 148 Å². The summed E-state index contributed by atoms with van der Waals surface area (Å²) in [5.74, 6) is 0.486. The number of phosphoric acid groups is 1. The van der Waals surface area contributed by atoms with E-state index in [0.717, 1.165) is 50.9 Å². The van der Waals surface area contributed by atoms with Crippen LogP contribution >= 0.6 is 7.82 Å². The van der Waals surface area contributed by atoms with Crippen molar-refractivity contribution in [2.24, 2.45) is 5.92 Å². The fraction of sp³-hybridized carbons (Fsp3) is 0.949. The van der Waals surface area contributed by atoms with Crippen molar-refractivity contribution in [2.45, 2.75) is 300 Å². The van der Waals surface area contributed by atoms with Gasteiger partial charge in [0.15, 0.2) is 12.6 Å².